The zero-order valence-corrected chi connectivity index (χ0v) is 8.89. The number of terminal acetylenes is 1. The van der Waals surface area contributed by atoms with Crippen molar-refractivity contribution in [2.75, 3.05) is 0 Å². The Labute approximate surface area is 95.7 Å². The van der Waals surface area contributed by atoms with Gasteiger partial charge in [0.1, 0.15) is 11.5 Å². The van der Waals surface area contributed by atoms with Crippen LogP contribution in [0.4, 0.5) is 0 Å². The van der Waals surface area contributed by atoms with Crippen LogP contribution >= 0.6 is 0 Å². The third-order valence-electron chi connectivity index (χ3n) is 2.24. The molecule has 0 bridgehead atoms. The number of hydrogen-bond acceptors (Lipinski definition) is 1. The molecule has 0 N–H and O–H groups in total. The fourth-order valence-electron chi connectivity index (χ4n) is 1.47. The molecule has 0 amide bonds. The first kappa shape index (κ1) is 10.3. The molecule has 0 fully saturated rings. The van der Waals surface area contributed by atoms with Gasteiger partial charge in [-0.3, -0.25) is 0 Å². The summed E-state index contributed by atoms with van der Waals surface area (Å²) in [7, 11) is 0. The molecule has 0 spiro atoms. The minimum absolute atomic E-state index is 0.586. The molecule has 0 aliphatic rings. The highest BCUT2D eigenvalue weighted by Gasteiger charge is 2.02. The van der Waals surface area contributed by atoms with Crippen molar-refractivity contribution in [1.29, 1.82) is 0 Å². The molecule has 2 aromatic rings. The Morgan fingerprint density at radius 3 is 2.38 bits per heavy atom. The van der Waals surface area contributed by atoms with Crippen LogP contribution in [0.25, 0.3) is 0 Å². The molecule has 0 radical (unpaired) electrons. The summed E-state index contributed by atoms with van der Waals surface area (Å²) in [6, 6.07) is 17.5. The van der Waals surface area contributed by atoms with Gasteiger partial charge >= 0.3 is 0 Å². The summed E-state index contributed by atoms with van der Waals surface area (Å²) in [6.07, 6.45) is 5.90. The van der Waals surface area contributed by atoms with Crippen LogP contribution < -0.4 is 4.74 Å². The van der Waals surface area contributed by atoms with Gasteiger partial charge in [0.25, 0.3) is 0 Å². The predicted octanol–water partition coefficient (Wildman–Crippen LogP) is 3.65. The lowest BCUT2D eigenvalue weighted by molar-refractivity contribution is 0.478. The van der Waals surface area contributed by atoms with Crippen LogP contribution in [0.15, 0.2) is 54.6 Å². The third-order valence-corrected chi connectivity index (χ3v) is 2.24. The Bertz CT molecular complexity index is 494. The molecule has 16 heavy (non-hydrogen) atoms. The molecule has 0 heterocycles. The molecular weight excluding hydrogens is 196 g/mol. The molecule has 2 aromatic carbocycles. The molecule has 0 saturated carbocycles. The maximum Gasteiger partial charge on any atom is 0.131 e. The minimum Gasteiger partial charge on any atom is -0.457 e. The van der Waals surface area contributed by atoms with Gasteiger partial charge in [0.15, 0.2) is 0 Å². The van der Waals surface area contributed by atoms with Crippen molar-refractivity contribution in [3.63, 3.8) is 0 Å². The summed E-state index contributed by atoms with van der Waals surface area (Å²) in [5.74, 6) is 4.28. The first-order chi connectivity index (χ1) is 7.90. The zero-order valence-electron chi connectivity index (χ0n) is 8.89. The van der Waals surface area contributed by atoms with E-state index < -0.39 is 0 Å². The summed E-state index contributed by atoms with van der Waals surface area (Å²) in [5, 5.41) is 0. The van der Waals surface area contributed by atoms with Gasteiger partial charge < -0.3 is 4.74 Å². The van der Waals surface area contributed by atoms with Crippen molar-refractivity contribution >= 4 is 0 Å². The number of rotatable bonds is 3. The van der Waals surface area contributed by atoms with Crippen LogP contribution in [-0.4, -0.2) is 0 Å². The van der Waals surface area contributed by atoms with Crippen molar-refractivity contribution in [3.8, 4) is 23.8 Å². The van der Waals surface area contributed by atoms with E-state index in [1.165, 1.54) is 0 Å². The van der Waals surface area contributed by atoms with Gasteiger partial charge in [-0.25, -0.2) is 0 Å². The third kappa shape index (κ3) is 2.43. The topological polar surface area (TPSA) is 9.23 Å². The van der Waals surface area contributed by atoms with Gasteiger partial charge in [0.2, 0.25) is 0 Å². The average molecular weight is 208 g/mol. The maximum absolute atomic E-state index is 5.77. The zero-order chi connectivity index (χ0) is 11.2. The molecule has 0 saturated heterocycles. The fraction of sp³-hybridized carbons (Fsp3) is 0.0667. The van der Waals surface area contributed by atoms with E-state index in [2.05, 4.69) is 5.92 Å². The van der Waals surface area contributed by atoms with Gasteiger partial charge in [-0.1, -0.05) is 36.4 Å². The molecule has 0 aliphatic carbocycles. The maximum atomic E-state index is 5.77. The molecule has 1 nitrogen and oxygen atoms in total. The Balaban J connectivity index is 2.25. The van der Waals surface area contributed by atoms with Crippen LogP contribution in [-0.2, 0) is 6.42 Å². The molecule has 0 unspecified atom stereocenters. The smallest absolute Gasteiger partial charge is 0.131 e. The van der Waals surface area contributed by atoms with E-state index in [-0.39, 0.29) is 0 Å². The molecule has 0 aromatic heterocycles. The summed E-state index contributed by atoms with van der Waals surface area (Å²) >= 11 is 0. The van der Waals surface area contributed by atoms with E-state index in [1.54, 1.807) is 0 Å². The highest BCUT2D eigenvalue weighted by atomic mass is 16.5. The molecular formula is C15H12O. The highest BCUT2D eigenvalue weighted by molar-refractivity contribution is 5.39. The molecule has 1 heteroatoms. The number of para-hydroxylation sites is 2. The van der Waals surface area contributed by atoms with Gasteiger partial charge in [0.05, 0.1) is 0 Å². The summed E-state index contributed by atoms with van der Waals surface area (Å²) in [6.45, 7) is 0. The van der Waals surface area contributed by atoms with E-state index in [1.807, 2.05) is 54.6 Å². The van der Waals surface area contributed by atoms with Gasteiger partial charge in [-0.05, 0) is 18.2 Å². The lowest BCUT2D eigenvalue weighted by Gasteiger charge is -2.08. The van der Waals surface area contributed by atoms with E-state index in [0.29, 0.717) is 6.42 Å². The molecule has 2 rings (SSSR count). The standard InChI is InChI=1S/C15H12O/c1-2-8-13-9-6-7-12-15(13)16-14-10-4-3-5-11-14/h1,3-7,9-12H,8H2. The molecule has 0 atom stereocenters. The Hall–Kier alpha value is -2.20. The van der Waals surface area contributed by atoms with E-state index in [4.69, 9.17) is 11.2 Å². The fourth-order valence-corrected chi connectivity index (χ4v) is 1.47. The Morgan fingerprint density at radius 1 is 0.938 bits per heavy atom. The quantitative estimate of drug-likeness (QED) is 0.699. The predicted molar refractivity (Wildman–Crippen MR) is 65.5 cm³/mol. The van der Waals surface area contributed by atoms with Crippen LogP contribution in [0.2, 0.25) is 0 Å². The highest BCUT2D eigenvalue weighted by Crippen LogP contribution is 2.24. The SMILES string of the molecule is C#CCc1ccccc1Oc1ccccc1. The van der Waals surface area contributed by atoms with Crippen molar-refractivity contribution in [1.82, 2.24) is 0 Å². The van der Waals surface area contributed by atoms with Crippen molar-refractivity contribution in [3.05, 3.63) is 60.2 Å². The number of hydrogen-bond donors (Lipinski definition) is 0. The van der Waals surface area contributed by atoms with Crippen LogP contribution in [0.1, 0.15) is 5.56 Å². The second-order valence-corrected chi connectivity index (χ2v) is 3.40. The lowest BCUT2D eigenvalue weighted by Crippen LogP contribution is -1.90. The largest absolute Gasteiger partial charge is 0.457 e. The summed E-state index contributed by atoms with van der Waals surface area (Å²) in [4.78, 5) is 0. The number of benzene rings is 2. The summed E-state index contributed by atoms with van der Waals surface area (Å²) in [5.41, 5.74) is 1.04. The van der Waals surface area contributed by atoms with E-state index in [0.717, 1.165) is 17.1 Å². The lowest BCUT2D eigenvalue weighted by atomic mass is 10.1. The van der Waals surface area contributed by atoms with E-state index >= 15 is 0 Å². The minimum atomic E-state index is 0.586. The first-order valence-electron chi connectivity index (χ1n) is 5.14. The van der Waals surface area contributed by atoms with Gasteiger partial charge in [-0.15, -0.1) is 12.3 Å². The van der Waals surface area contributed by atoms with Crippen molar-refractivity contribution < 1.29 is 4.74 Å². The molecule has 0 aliphatic heterocycles. The van der Waals surface area contributed by atoms with Crippen LogP contribution in [0, 0.1) is 12.3 Å². The number of ether oxygens (including phenoxy) is 1. The molecule has 78 valence electrons. The van der Waals surface area contributed by atoms with Gasteiger partial charge in [0, 0.05) is 12.0 Å². The monoisotopic (exact) mass is 208 g/mol. The summed E-state index contributed by atoms with van der Waals surface area (Å²) < 4.78 is 5.77. The second kappa shape index (κ2) is 5.04. The van der Waals surface area contributed by atoms with Crippen LogP contribution in [0.3, 0.4) is 0 Å². The van der Waals surface area contributed by atoms with Crippen LogP contribution in [0.5, 0.6) is 11.5 Å². The Morgan fingerprint density at radius 2 is 1.62 bits per heavy atom. The second-order valence-electron chi connectivity index (χ2n) is 3.40. The normalized spacial score (nSPS) is 9.44. The Kier molecular flexibility index (Phi) is 3.25. The first-order valence-corrected chi connectivity index (χ1v) is 5.14. The van der Waals surface area contributed by atoms with Crippen molar-refractivity contribution in [2.45, 2.75) is 6.42 Å². The van der Waals surface area contributed by atoms with Gasteiger partial charge in [-0.2, -0.15) is 0 Å². The average Bonchev–Trinajstić information content (AvgIpc) is 2.33. The van der Waals surface area contributed by atoms with E-state index in [9.17, 15) is 0 Å². The van der Waals surface area contributed by atoms with Crippen molar-refractivity contribution in [2.24, 2.45) is 0 Å².